The molecular formula is C49H82O12S. The Kier molecular flexibility index (Phi) is 35.5. The molecule has 12 nitrogen and oxygen atoms in total. The highest BCUT2D eigenvalue weighted by Crippen LogP contribution is 2.24. The molecule has 0 aromatic heterocycles. The molecule has 0 aromatic carbocycles. The minimum atomic E-state index is -4.61. The molecule has 1 rings (SSSR count). The molecular weight excluding hydrogens is 813 g/mol. The van der Waals surface area contributed by atoms with Gasteiger partial charge in [-0.2, -0.15) is 8.42 Å². The largest absolute Gasteiger partial charge is 0.462 e. The van der Waals surface area contributed by atoms with Gasteiger partial charge in [0.15, 0.2) is 12.4 Å². The van der Waals surface area contributed by atoms with Crippen LogP contribution >= 0.6 is 0 Å². The van der Waals surface area contributed by atoms with E-state index in [-0.39, 0.29) is 19.4 Å². The summed E-state index contributed by atoms with van der Waals surface area (Å²) >= 11 is 0. The standard InChI is InChI=1S/C49H82O12S/c1-3-5-7-9-11-13-15-17-19-20-21-22-24-26-28-30-32-34-36-38-45(51)60-42(40-59-49-48(54)47(53)46(52)43(61-49)41-62(55,56)57)39-58-44(50)37-35-33-31-29-27-25-23-18-16-14-12-10-8-6-4-2/h5,7,11,13,17-19,21-23,26,28,42-43,46-49,52-54H,3-4,6,8-10,12,14-16,20,24-25,27,29-41H2,1-2H3,(H,55,56,57)/b7-5-,13-11-,19-17-,22-21-,23-18-,28-26-. The van der Waals surface area contributed by atoms with Crippen molar-refractivity contribution in [2.24, 2.45) is 0 Å². The minimum absolute atomic E-state index is 0.120. The summed E-state index contributed by atoms with van der Waals surface area (Å²) in [5.41, 5.74) is 0. The van der Waals surface area contributed by atoms with Crippen LogP contribution in [0.25, 0.3) is 0 Å². The van der Waals surface area contributed by atoms with Crippen molar-refractivity contribution >= 4 is 22.1 Å². The van der Waals surface area contributed by atoms with E-state index in [2.05, 4.69) is 86.8 Å². The molecule has 0 aromatic rings. The van der Waals surface area contributed by atoms with Crippen LogP contribution in [0.15, 0.2) is 72.9 Å². The van der Waals surface area contributed by atoms with Crippen LogP contribution in [0.5, 0.6) is 0 Å². The summed E-state index contributed by atoms with van der Waals surface area (Å²) in [5.74, 6) is -2.04. The zero-order valence-corrected chi connectivity index (χ0v) is 38.8. The lowest BCUT2D eigenvalue weighted by atomic mass is 10.00. The Morgan fingerprint density at radius 1 is 0.565 bits per heavy atom. The van der Waals surface area contributed by atoms with Gasteiger partial charge in [0.05, 0.1) is 6.61 Å². The van der Waals surface area contributed by atoms with Crippen LogP contribution in [0.2, 0.25) is 0 Å². The lowest BCUT2D eigenvalue weighted by molar-refractivity contribution is -0.297. The van der Waals surface area contributed by atoms with E-state index < -0.39 is 71.2 Å². The Hall–Kier alpha value is -2.91. The first-order valence-electron chi connectivity index (χ1n) is 23.5. The van der Waals surface area contributed by atoms with Gasteiger partial charge in [0, 0.05) is 12.8 Å². The third-order valence-corrected chi connectivity index (χ3v) is 11.0. The van der Waals surface area contributed by atoms with Crippen LogP contribution < -0.4 is 0 Å². The second-order valence-corrected chi connectivity index (χ2v) is 17.5. The first-order chi connectivity index (χ1) is 30.0. The summed E-state index contributed by atoms with van der Waals surface area (Å²) in [6, 6.07) is 0. The number of aliphatic hydroxyl groups is 3. The summed E-state index contributed by atoms with van der Waals surface area (Å²) in [4.78, 5) is 25.4. The fourth-order valence-corrected chi connectivity index (χ4v) is 7.33. The molecule has 1 aliphatic rings. The molecule has 356 valence electrons. The Balaban J connectivity index is 2.47. The fourth-order valence-electron chi connectivity index (χ4n) is 6.64. The number of carbonyl (C=O) groups is 2. The van der Waals surface area contributed by atoms with Crippen molar-refractivity contribution in [2.75, 3.05) is 19.0 Å². The molecule has 62 heavy (non-hydrogen) atoms. The number of unbranched alkanes of at least 4 members (excludes halogenated alkanes) is 14. The summed E-state index contributed by atoms with van der Waals surface area (Å²) in [6.07, 6.45) is 39.4. The van der Waals surface area contributed by atoms with E-state index >= 15 is 0 Å². The molecule has 4 N–H and O–H groups in total. The lowest BCUT2D eigenvalue weighted by Gasteiger charge is -2.40. The predicted octanol–water partition coefficient (Wildman–Crippen LogP) is 9.89. The number of rotatable bonds is 38. The molecule has 6 unspecified atom stereocenters. The SMILES string of the molecule is CC/C=C\C/C=C\C/C=C\C/C=C\C/C=C\CCCCCC(=O)OC(COC(=O)CCCCCCC/C=C\CCCCCCCC)COC1OC(CS(=O)(=O)O)C(O)C(O)C1O. The topological polar surface area (TPSA) is 186 Å². The van der Waals surface area contributed by atoms with Crippen molar-refractivity contribution < 1.29 is 56.8 Å². The van der Waals surface area contributed by atoms with Crippen LogP contribution in [0.1, 0.15) is 168 Å². The second-order valence-electron chi connectivity index (χ2n) is 16.0. The Labute approximate surface area is 374 Å². The first-order valence-corrected chi connectivity index (χ1v) is 25.1. The highest BCUT2D eigenvalue weighted by molar-refractivity contribution is 7.85. The number of esters is 2. The summed E-state index contributed by atoms with van der Waals surface area (Å²) < 4.78 is 54.1. The predicted molar refractivity (Wildman–Crippen MR) is 247 cm³/mol. The van der Waals surface area contributed by atoms with Gasteiger partial charge in [-0.1, -0.05) is 145 Å². The van der Waals surface area contributed by atoms with Crippen molar-refractivity contribution in [3.05, 3.63) is 72.9 Å². The van der Waals surface area contributed by atoms with Crippen molar-refractivity contribution in [3.63, 3.8) is 0 Å². The van der Waals surface area contributed by atoms with Gasteiger partial charge in [0.1, 0.15) is 36.8 Å². The third kappa shape index (κ3) is 32.7. The van der Waals surface area contributed by atoms with Gasteiger partial charge in [-0.3, -0.25) is 14.1 Å². The number of aliphatic hydroxyl groups excluding tert-OH is 3. The van der Waals surface area contributed by atoms with Gasteiger partial charge in [0.2, 0.25) is 0 Å². The van der Waals surface area contributed by atoms with Crippen LogP contribution in [0, 0.1) is 0 Å². The number of hydrogen-bond acceptors (Lipinski definition) is 11. The maximum Gasteiger partial charge on any atom is 0.306 e. The third-order valence-electron chi connectivity index (χ3n) is 10.3. The molecule has 0 amide bonds. The molecule has 1 fully saturated rings. The highest BCUT2D eigenvalue weighted by Gasteiger charge is 2.46. The lowest BCUT2D eigenvalue weighted by Crippen LogP contribution is -2.60. The van der Waals surface area contributed by atoms with Crippen molar-refractivity contribution in [3.8, 4) is 0 Å². The molecule has 6 atom stereocenters. The first kappa shape index (κ1) is 57.1. The quantitative estimate of drug-likeness (QED) is 0.0199. The van der Waals surface area contributed by atoms with E-state index in [1.165, 1.54) is 38.5 Å². The maximum atomic E-state index is 12.8. The van der Waals surface area contributed by atoms with Gasteiger partial charge in [-0.15, -0.1) is 0 Å². The Bertz CT molecular complexity index is 1420. The van der Waals surface area contributed by atoms with E-state index in [0.717, 1.165) is 89.9 Å². The molecule has 1 aliphatic heterocycles. The van der Waals surface area contributed by atoms with Gasteiger partial charge in [-0.05, 0) is 83.5 Å². The smallest absolute Gasteiger partial charge is 0.306 e. The molecule has 0 radical (unpaired) electrons. The van der Waals surface area contributed by atoms with Gasteiger partial charge >= 0.3 is 11.9 Å². The van der Waals surface area contributed by atoms with Crippen LogP contribution in [-0.2, 0) is 38.7 Å². The highest BCUT2D eigenvalue weighted by atomic mass is 32.2. The van der Waals surface area contributed by atoms with Gasteiger partial charge in [-0.25, -0.2) is 0 Å². The summed E-state index contributed by atoms with van der Waals surface area (Å²) in [6.45, 7) is 3.60. The van der Waals surface area contributed by atoms with Crippen molar-refractivity contribution in [1.82, 2.24) is 0 Å². The molecule has 13 heteroatoms. The van der Waals surface area contributed by atoms with Gasteiger partial charge < -0.3 is 34.3 Å². The van der Waals surface area contributed by atoms with E-state index in [1.807, 2.05) is 0 Å². The van der Waals surface area contributed by atoms with Crippen molar-refractivity contribution in [1.29, 1.82) is 0 Å². The molecule has 0 saturated carbocycles. The normalized spacial score (nSPS) is 20.5. The molecule has 0 spiro atoms. The van der Waals surface area contributed by atoms with Crippen LogP contribution in [0.3, 0.4) is 0 Å². The average Bonchev–Trinajstić information content (AvgIpc) is 3.24. The monoisotopic (exact) mass is 895 g/mol. The number of ether oxygens (including phenoxy) is 4. The Morgan fingerprint density at radius 3 is 1.55 bits per heavy atom. The van der Waals surface area contributed by atoms with Gasteiger partial charge in [0.25, 0.3) is 10.1 Å². The zero-order chi connectivity index (χ0) is 45.5. The molecule has 0 aliphatic carbocycles. The molecule has 1 saturated heterocycles. The fraction of sp³-hybridized carbons (Fsp3) is 0.714. The molecule has 0 bridgehead atoms. The van der Waals surface area contributed by atoms with E-state index in [9.17, 15) is 37.9 Å². The zero-order valence-electron chi connectivity index (χ0n) is 37.9. The number of allylic oxidation sites excluding steroid dienone is 12. The second kappa shape index (κ2) is 38.5. The van der Waals surface area contributed by atoms with Crippen LogP contribution in [-0.4, -0.2) is 96.0 Å². The average molecular weight is 895 g/mol. The molecule has 1 heterocycles. The Morgan fingerprint density at radius 2 is 1.02 bits per heavy atom. The maximum absolute atomic E-state index is 12.8. The van der Waals surface area contributed by atoms with Crippen LogP contribution in [0.4, 0.5) is 0 Å². The summed E-state index contributed by atoms with van der Waals surface area (Å²) in [5, 5.41) is 30.9. The van der Waals surface area contributed by atoms with E-state index in [4.69, 9.17) is 18.9 Å². The summed E-state index contributed by atoms with van der Waals surface area (Å²) in [7, 11) is -4.61. The van der Waals surface area contributed by atoms with E-state index in [1.54, 1.807) is 0 Å². The number of hydrogen-bond donors (Lipinski definition) is 4. The van der Waals surface area contributed by atoms with Crippen molar-refractivity contribution in [2.45, 2.75) is 205 Å². The number of carbonyl (C=O) groups excluding carboxylic acids is 2. The van der Waals surface area contributed by atoms with E-state index in [0.29, 0.717) is 12.8 Å². The minimum Gasteiger partial charge on any atom is -0.462 e.